The molecule has 0 spiro atoms. The van der Waals surface area contributed by atoms with Gasteiger partial charge in [-0.25, -0.2) is 0 Å². The van der Waals surface area contributed by atoms with E-state index in [-0.39, 0.29) is 11.6 Å². The predicted octanol–water partition coefficient (Wildman–Crippen LogP) is 2.90. The van der Waals surface area contributed by atoms with E-state index in [4.69, 9.17) is 4.52 Å². The van der Waals surface area contributed by atoms with Crippen LogP contribution in [0, 0.1) is 0 Å². The highest BCUT2D eigenvalue weighted by atomic mass is 19.4. The van der Waals surface area contributed by atoms with Gasteiger partial charge in [-0.15, -0.1) is 0 Å². The monoisotopic (exact) mass is 193 g/mol. The molecule has 0 fully saturated rings. The second-order valence-corrected chi connectivity index (χ2v) is 3.17. The Hall–Kier alpha value is -1.00. The summed E-state index contributed by atoms with van der Waals surface area (Å²) in [5.41, 5.74) is -0.0591. The second kappa shape index (κ2) is 3.40. The number of aromatic nitrogens is 1. The Bertz CT molecular complexity index is 277. The third-order valence-corrected chi connectivity index (χ3v) is 1.53. The molecule has 1 aromatic rings. The zero-order chi connectivity index (χ0) is 10.1. The van der Waals surface area contributed by atoms with E-state index in [1.165, 1.54) is 6.07 Å². The van der Waals surface area contributed by atoms with Crippen molar-refractivity contribution in [1.29, 1.82) is 0 Å². The van der Waals surface area contributed by atoms with E-state index >= 15 is 0 Å². The fourth-order valence-corrected chi connectivity index (χ4v) is 0.889. The van der Waals surface area contributed by atoms with E-state index in [1.54, 1.807) is 0 Å². The molecule has 0 aliphatic heterocycles. The van der Waals surface area contributed by atoms with Crippen LogP contribution in [0.2, 0.25) is 0 Å². The first kappa shape index (κ1) is 10.1. The molecule has 0 radical (unpaired) electrons. The van der Waals surface area contributed by atoms with Crippen molar-refractivity contribution in [3.05, 3.63) is 17.5 Å². The van der Waals surface area contributed by atoms with Crippen molar-refractivity contribution in [3.63, 3.8) is 0 Å². The summed E-state index contributed by atoms with van der Waals surface area (Å²) in [7, 11) is 0. The van der Waals surface area contributed by atoms with Gasteiger partial charge in [-0.05, 0) is 0 Å². The van der Waals surface area contributed by atoms with Crippen LogP contribution in [-0.2, 0) is 6.42 Å². The highest BCUT2D eigenvalue weighted by Crippen LogP contribution is 2.22. The van der Waals surface area contributed by atoms with E-state index in [2.05, 4.69) is 5.16 Å². The lowest BCUT2D eigenvalue weighted by Crippen LogP contribution is -2.11. The van der Waals surface area contributed by atoms with Crippen molar-refractivity contribution in [2.45, 2.75) is 32.4 Å². The molecule has 5 heteroatoms. The lowest BCUT2D eigenvalue weighted by molar-refractivity contribution is -0.128. The largest absolute Gasteiger partial charge is 0.394 e. The quantitative estimate of drug-likeness (QED) is 0.721. The van der Waals surface area contributed by atoms with Crippen LogP contribution in [0.1, 0.15) is 31.2 Å². The lowest BCUT2D eigenvalue weighted by atomic mass is 10.1. The average molecular weight is 193 g/mol. The Morgan fingerprint density at radius 3 is 2.46 bits per heavy atom. The summed E-state index contributed by atoms with van der Waals surface area (Å²) in [6.07, 6.45) is -5.24. The maximum Gasteiger partial charge on any atom is 0.394 e. The molecular weight excluding hydrogens is 183 g/mol. The Morgan fingerprint density at radius 1 is 1.46 bits per heavy atom. The summed E-state index contributed by atoms with van der Waals surface area (Å²) in [5.74, 6) is 0.550. The van der Waals surface area contributed by atoms with Crippen molar-refractivity contribution >= 4 is 0 Å². The first-order chi connectivity index (χ1) is 5.88. The van der Waals surface area contributed by atoms with Crippen LogP contribution in [0.3, 0.4) is 0 Å². The number of halogens is 3. The Kier molecular flexibility index (Phi) is 2.63. The highest BCUT2D eigenvalue weighted by Gasteiger charge is 2.29. The maximum atomic E-state index is 11.9. The minimum absolute atomic E-state index is 0.0591. The summed E-state index contributed by atoms with van der Waals surface area (Å²) in [5, 5.41) is 3.33. The number of nitrogens with zero attached hydrogens (tertiary/aromatic N) is 1. The summed E-state index contributed by atoms with van der Waals surface area (Å²) < 4.78 is 40.3. The fraction of sp³-hybridized carbons (Fsp3) is 0.625. The molecule has 2 nitrogen and oxygen atoms in total. The van der Waals surface area contributed by atoms with Crippen molar-refractivity contribution < 1.29 is 17.7 Å². The van der Waals surface area contributed by atoms with E-state index in [0.29, 0.717) is 5.76 Å². The summed E-state index contributed by atoms with van der Waals surface area (Å²) in [6.45, 7) is 3.66. The molecule has 0 aliphatic carbocycles. The molecule has 0 aliphatic rings. The third-order valence-electron chi connectivity index (χ3n) is 1.53. The first-order valence-corrected chi connectivity index (χ1v) is 3.91. The molecule has 0 saturated heterocycles. The third kappa shape index (κ3) is 3.08. The van der Waals surface area contributed by atoms with Gasteiger partial charge < -0.3 is 4.52 Å². The topological polar surface area (TPSA) is 26.0 Å². The van der Waals surface area contributed by atoms with Gasteiger partial charge in [0.15, 0.2) is 0 Å². The molecule has 0 amide bonds. The molecule has 0 N–H and O–H groups in total. The first-order valence-electron chi connectivity index (χ1n) is 3.91. The Balaban J connectivity index is 2.70. The average Bonchev–Trinajstić information content (AvgIpc) is 2.31. The number of rotatable bonds is 2. The van der Waals surface area contributed by atoms with E-state index in [9.17, 15) is 13.2 Å². The van der Waals surface area contributed by atoms with Gasteiger partial charge in [0.25, 0.3) is 0 Å². The van der Waals surface area contributed by atoms with Gasteiger partial charge in [0, 0.05) is 12.0 Å². The molecule has 0 unspecified atom stereocenters. The number of hydrogen-bond donors (Lipinski definition) is 0. The molecule has 1 rings (SSSR count). The molecule has 0 aromatic carbocycles. The lowest BCUT2D eigenvalue weighted by Gasteiger charge is -2.00. The Labute approximate surface area is 73.7 Å². The molecular formula is C8H10F3NO. The number of alkyl halides is 3. The van der Waals surface area contributed by atoms with Gasteiger partial charge in [0.2, 0.25) is 0 Å². The highest BCUT2D eigenvalue weighted by molar-refractivity contribution is 5.09. The molecule has 74 valence electrons. The molecule has 1 aromatic heterocycles. The zero-order valence-electron chi connectivity index (χ0n) is 7.35. The van der Waals surface area contributed by atoms with Crippen LogP contribution in [0.5, 0.6) is 0 Å². The summed E-state index contributed by atoms with van der Waals surface area (Å²) >= 11 is 0. The summed E-state index contributed by atoms with van der Waals surface area (Å²) in [6, 6.07) is 1.35. The van der Waals surface area contributed by atoms with Crippen molar-refractivity contribution in [1.82, 2.24) is 5.16 Å². The molecule has 13 heavy (non-hydrogen) atoms. The van der Waals surface area contributed by atoms with Gasteiger partial charge in [-0.1, -0.05) is 19.0 Å². The minimum atomic E-state index is -4.22. The van der Waals surface area contributed by atoms with Gasteiger partial charge in [-0.2, -0.15) is 13.2 Å². The molecule has 1 heterocycles. The predicted molar refractivity (Wildman–Crippen MR) is 40.4 cm³/mol. The minimum Gasteiger partial charge on any atom is -0.361 e. The van der Waals surface area contributed by atoms with E-state index in [0.717, 1.165) is 0 Å². The summed E-state index contributed by atoms with van der Waals surface area (Å²) in [4.78, 5) is 0. The molecule has 0 bridgehead atoms. The van der Waals surface area contributed by atoms with Gasteiger partial charge in [-0.3, -0.25) is 0 Å². The van der Waals surface area contributed by atoms with E-state index in [1.807, 2.05) is 13.8 Å². The Morgan fingerprint density at radius 2 is 2.08 bits per heavy atom. The SMILES string of the molecule is CC(C)c1cc(CC(F)(F)F)no1. The van der Waals surface area contributed by atoms with Crippen molar-refractivity contribution in [3.8, 4) is 0 Å². The van der Waals surface area contributed by atoms with Crippen molar-refractivity contribution in [2.24, 2.45) is 0 Å². The van der Waals surface area contributed by atoms with Crippen LogP contribution in [0.4, 0.5) is 13.2 Å². The van der Waals surface area contributed by atoms with Crippen LogP contribution >= 0.6 is 0 Å². The van der Waals surface area contributed by atoms with Crippen LogP contribution in [0.15, 0.2) is 10.6 Å². The normalized spacial score (nSPS) is 12.5. The maximum absolute atomic E-state index is 11.9. The van der Waals surface area contributed by atoms with Gasteiger partial charge in [0.05, 0.1) is 12.1 Å². The van der Waals surface area contributed by atoms with Gasteiger partial charge >= 0.3 is 6.18 Å². The van der Waals surface area contributed by atoms with Gasteiger partial charge in [0.1, 0.15) is 5.76 Å². The second-order valence-electron chi connectivity index (χ2n) is 3.17. The van der Waals surface area contributed by atoms with Crippen LogP contribution in [-0.4, -0.2) is 11.3 Å². The van der Waals surface area contributed by atoms with Crippen LogP contribution < -0.4 is 0 Å². The molecule has 0 atom stereocenters. The standard InChI is InChI=1S/C8H10F3NO/c1-5(2)7-3-6(12-13-7)4-8(9,10)11/h3,5H,4H2,1-2H3. The number of hydrogen-bond acceptors (Lipinski definition) is 2. The van der Waals surface area contributed by atoms with Crippen LogP contribution in [0.25, 0.3) is 0 Å². The zero-order valence-corrected chi connectivity index (χ0v) is 7.35. The smallest absolute Gasteiger partial charge is 0.361 e. The fourth-order valence-electron chi connectivity index (χ4n) is 0.889. The van der Waals surface area contributed by atoms with E-state index < -0.39 is 12.6 Å². The molecule has 0 saturated carbocycles. The van der Waals surface area contributed by atoms with Crippen molar-refractivity contribution in [2.75, 3.05) is 0 Å².